The number of halogens is 2. The molecule has 1 spiro atoms. The highest BCUT2D eigenvalue weighted by atomic mass is 35.5. The van der Waals surface area contributed by atoms with E-state index >= 15 is 0 Å². The van der Waals surface area contributed by atoms with Crippen LogP contribution in [0.4, 0.5) is 38.9 Å². The minimum absolute atomic E-state index is 0.0180. The van der Waals surface area contributed by atoms with Crippen LogP contribution in [-0.2, 0) is 14.9 Å². The van der Waals surface area contributed by atoms with Crippen molar-refractivity contribution >= 4 is 52.0 Å². The van der Waals surface area contributed by atoms with E-state index in [9.17, 15) is 9.18 Å². The van der Waals surface area contributed by atoms with Gasteiger partial charge in [0.05, 0.1) is 19.4 Å². The molecule has 2 aliphatic heterocycles. The number of alkyl halides is 1. The quantitative estimate of drug-likeness (QED) is 0.443. The standard InChI is InChI=1S/C27H28ClFN6O2/c28-15-24(36)35-17-27(8-1-9-27)21-7-4-19(14-23(21)35)31-25-22(29)16-30-26(33-25)32-18-2-5-20(6-3-18)34-10-12-37-13-11-34/h2-7,14,16H,1,8-13,15,17H2,(H2,30,31,32,33). The van der Waals surface area contributed by atoms with Crippen LogP contribution in [0.5, 0.6) is 0 Å². The van der Waals surface area contributed by atoms with Crippen LogP contribution in [0, 0.1) is 5.82 Å². The minimum atomic E-state index is -0.571. The van der Waals surface area contributed by atoms with Gasteiger partial charge in [-0.2, -0.15) is 4.98 Å². The molecule has 192 valence electrons. The number of carbonyl (C=O) groups is 1. The molecule has 37 heavy (non-hydrogen) atoms. The number of nitrogens with one attached hydrogen (secondary N) is 2. The summed E-state index contributed by atoms with van der Waals surface area (Å²) in [6.45, 7) is 3.84. The Bertz CT molecular complexity index is 1310. The maximum absolute atomic E-state index is 14.7. The molecule has 10 heteroatoms. The van der Waals surface area contributed by atoms with Crippen molar-refractivity contribution in [2.75, 3.05) is 59.2 Å². The third-order valence-corrected chi connectivity index (χ3v) is 7.78. The second kappa shape index (κ2) is 9.79. The average Bonchev–Trinajstić information content (AvgIpc) is 3.27. The molecule has 0 bridgehead atoms. The maximum Gasteiger partial charge on any atom is 0.241 e. The van der Waals surface area contributed by atoms with Gasteiger partial charge in [0.1, 0.15) is 5.88 Å². The predicted octanol–water partition coefficient (Wildman–Crippen LogP) is 4.95. The number of rotatable bonds is 6. The number of anilines is 6. The monoisotopic (exact) mass is 522 g/mol. The number of benzene rings is 2. The first-order valence-corrected chi connectivity index (χ1v) is 13.1. The molecule has 8 nitrogen and oxygen atoms in total. The Kier molecular flexibility index (Phi) is 6.34. The highest BCUT2D eigenvalue weighted by molar-refractivity contribution is 6.29. The van der Waals surface area contributed by atoms with E-state index in [2.05, 4.69) is 25.5 Å². The van der Waals surface area contributed by atoms with Crippen molar-refractivity contribution in [3.8, 4) is 0 Å². The Balaban J connectivity index is 1.20. The number of hydrogen-bond acceptors (Lipinski definition) is 7. The molecule has 3 aliphatic rings. The van der Waals surface area contributed by atoms with Gasteiger partial charge in [-0.3, -0.25) is 4.79 Å². The predicted molar refractivity (Wildman–Crippen MR) is 143 cm³/mol. The lowest BCUT2D eigenvalue weighted by molar-refractivity contribution is -0.116. The van der Waals surface area contributed by atoms with Gasteiger partial charge in [-0.15, -0.1) is 11.6 Å². The van der Waals surface area contributed by atoms with Crippen LogP contribution in [0.1, 0.15) is 24.8 Å². The molecule has 2 fully saturated rings. The fourth-order valence-corrected chi connectivity index (χ4v) is 5.58. The molecule has 1 aromatic heterocycles. The van der Waals surface area contributed by atoms with Crippen molar-refractivity contribution in [3.05, 3.63) is 60.0 Å². The van der Waals surface area contributed by atoms with E-state index in [1.165, 1.54) is 0 Å². The minimum Gasteiger partial charge on any atom is -0.378 e. The normalized spacial score (nSPS) is 17.9. The average molecular weight is 523 g/mol. The Morgan fingerprint density at radius 2 is 1.84 bits per heavy atom. The van der Waals surface area contributed by atoms with Crippen LogP contribution in [0.3, 0.4) is 0 Å². The highest BCUT2D eigenvalue weighted by Crippen LogP contribution is 2.53. The van der Waals surface area contributed by atoms with Gasteiger partial charge in [0, 0.05) is 47.8 Å². The summed E-state index contributed by atoms with van der Waals surface area (Å²) in [5.41, 5.74) is 4.58. The van der Waals surface area contributed by atoms with E-state index in [4.69, 9.17) is 16.3 Å². The molecule has 3 heterocycles. The summed E-state index contributed by atoms with van der Waals surface area (Å²) >= 11 is 5.89. The van der Waals surface area contributed by atoms with Crippen molar-refractivity contribution in [1.29, 1.82) is 0 Å². The lowest BCUT2D eigenvalue weighted by Gasteiger charge is -2.38. The molecule has 1 aliphatic carbocycles. The smallest absolute Gasteiger partial charge is 0.241 e. The molecule has 0 radical (unpaired) electrons. The summed E-state index contributed by atoms with van der Waals surface area (Å²) in [6.07, 6.45) is 4.41. The Hall–Kier alpha value is -3.43. The number of fused-ring (bicyclic) bond motifs is 2. The number of amides is 1. The van der Waals surface area contributed by atoms with E-state index in [0.717, 1.165) is 74.4 Å². The van der Waals surface area contributed by atoms with E-state index in [-0.39, 0.29) is 29.0 Å². The Labute approximate surface area is 219 Å². The lowest BCUT2D eigenvalue weighted by atomic mass is 9.66. The van der Waals surface area contributed by atoms with Gasteiger partial charge in [-0.05, 0) is 54.8 Å². The number of ether oxygens (including phenoxy) is 1. The summed E-state index contributed by atoms with van der Waals surface area (Å²) in [7, 11) is 0. The molecule has 2 aromatic carbocycles. The zero-order valence-electron chi connectivity index (χ0n) is 20.3. The highest BCUT2D eigenvalue weighted by Gasteiger charge is 2.48. The largest absolute Gasteiger partial charge is 0.378 e. The van der Waals surface area contributed by atoms with Crippen LogP contribution in [0.2, 0.25) is 0 Å². The summed E-state index contributed by atoms with van der Waals surface area (Å²) in [5.74, 6) is -0.442. The molecule has 0 atom stereocenters. The molecule has 1 amide bonds. The number of morpholine rings is 1. The van der Waals surface area contributed by atoms with E-state index in [0.29, 0.717) is 12.2 Å². The zero-order chi connectivity index (χ0) is 25.4. The maximum atomic E-state index is 14.7. The lowest BCUT2D eigenvalue weighted by Crippen LogP contribution is -2.41. The molecule has 1 saturated heterocycles. The summed E-state index contributed by atoms with van der Waals surface area (Å²) in [5, 5.41) is 6.21. The Morgan fingerprint density at radius 3 is 2.54 bits per heavy atom. The second-order valence-electron chi connectivity index (χ2n) is 9.77. The zero-order valence-corrected chi connectivity index (χ0v) is 21.1. The second-order valence-corrected chi connectivity index (χ2v) is 10.0. The molecular formula is C27H28ClFN6O2. The van der Waals surface area contributed by atoms with E-state index in [1.807, 2.05) is 42.5 Å². The number of aromatic nitrogens is 2. The van der Waals surface area contributed by atoms with E-state index < -0.39 is 5.82 Å². The first kappa shape index (κ1) is 23.9. The summed E-state index contributed by atoms with van der Waals surface area (Å²) < 4.78 is 20.1. The fraction of sp³-hybridized carbons (Fsp3) is 0.370. The van der Waals surface area contributed by atoms with Crippen molar-refractivity contribution in [1.82, 2.24) is 9.97 Å². The van der Waals surface area contributed by atoms with Gasteiger partial charge in [0.25, 0.3) is 0 Å². The number of carbonyl (C=O) groups excluding carboxylic acids is 1. The van der Waals surface area contributed by atoms with Crippen molar-refractivity contribution in [3.63, 3.8) is 0 Å². The molecular weight excluding hydrogens is 495 g/mol. The molecule has 0 unspecified atom stereocenters. The summed E-state index contributed by atoms with van der Waals surface area (Å²) in [4.78, 5) is 25.0. The first-order chi connectivity index (χ1) is 18.0. The SMILES string of the molecule is O=C(CCl)N1CC2(CCC2)c2ccc(Nc3nc(Nc4ccc(N5CCOCC5)cc4)ncc3F)cc21. The third kappa shape index (κ3) is 4.57. The Morgan fingerprint density at radius 1 is 1.08 bits per heavy atom. The van der Waals surface area contributed by atoms with Crippen LogP contribution in [0.15, 0.2) is 48.7 Å². The fourth-order valence-electron chi connectivity index (χ4n) is 5.44. The summed E-state index contributed by atoms with van der Waals surface area (Å²) in [6, 6.07) is 13.8. The van der Waals surface area contributed by atoms with Crippen LogP contribution in [-0.4, -0.2) is 54.6 Å². The molecule has 6 rings (SSSR count). The van der Waals surface area contributed by atoms with E-state index in [1.54, 1.807) is 4.90 Å². The van der Waals surface area contributed by atoms with Gasteiger partial charge in [0.2, 0.25) is 11.9 Å². The number of hydrogen-bond donors (Lipinski definition) is 2. The van der Waals surface area contributed by atoms with Crippen molar-refractivity contribution in [2.24, 2.45) is 0 Å². The van der Waals surface area contributed by atoms with Crippen LogP contribution in [0.25, 0.3) is 0 Å². The van der Waals surface area contributed by atoms with Gasteiger partial charge in [-0.25, -0.2) is 9.37 Å². The van der Waals surface area contributed by atoms with Gasteiger partial charge in [0.15, 0.2) is 11.6 Å². The molecule has 3 aromatic rings. The van der Waals surface area contributed by atoms with Gasteiger partial charge < -0.3 is 25.2 Å². The first-order valence-electron chi connectivity index (χ1n) is 12.5. The van der Waals surface area contributed by atoms with Gasteiger partial charge >= 0.3 is 0 Å². The third-order valence-electron chi connectivity index (χ3n) is 7.55. The van der Waals surface area contributed by atoms with Crippen molar-refractivity contribution < 1.29 is 13.9 Å². The molecule has 2 N–H and O–H groups in total. The molecule has 1 saturated carbocycles. The number of nitrogens with zero attached hydrogens (tertiary/aromatic N) is 4. The van der Waals surface area contributed by atoms with Crippen LogP contribution >= 0.6 is 11.6 Å². The van der Waals surface area contributed by atoms with Gasteiger partial charge in [-0.1, -0.05) is 12.5 Å². The van der Waals surface area contributed by atoms with Crippen LogP contribution < -0.4 is 20.4 Å². The topological polar surface area (TPSA) is 82.6 Å². The van der Waals surface area contributed by atoms with Crippen molar-refractivity contribution in [2.45, 2.75) is 24.7 Å².